The van der Waals surface area contributed by atoms with Crippen molar-refractivity contribution in [3.8, 4) is 0 Å². The predicted octanol–water partition coefficient (Wildman–Crippen LogP) is 4.04. The molecule has 1 aliphatic carbocycles. The molecule has 2 atom stereocenters. The fourth-order valence-corrected chi connectivity index (χ4v) is 2.98. The normalized spacial score (nSPS) is 21.9. The standard InChI is InChI=1S/C18H34N2O4.C3H8.2H2/c1-11(2)9-15(19)17(21)23-13-5-7-14(8-6-13)24-18(22)16(20)10-12(3)4;1-3-2;;/h11-16H,5-10,19-20H2,1-4H3;3H2,1-2H3;2*1H. The highest BCUT2D eigenvalue weighted by Gasteiger charge is 2.29. The number of carbonyl (C=O) groups is 2. The fourth-order valence-electron chi connectivity index (χ4n) is 2.98. The van der Waals surface area contributed by atoms with Gasteiger partial charge in [0.25, 0.3) is 0 Å². The van der Waals surface area contributed by atoms with Gasteiger partial charge in [-0.15, -0.1) is 0 Å². The van der Waals surface area contributed by atoms with Gasteiger partial charge >= 0.3 is 11.9 Å². The summed E-state index contributed by atoms with van der Waals surface area (Å²) in [4.78, 5) is 23.9. The Bertz CT molecular complexity index is 391. The van der Waals surface area contributed by atoms with E-state index < -0.39 is 12.1 Å². The molecule has 1 saturated carbocycles. The molecule has 27 heavy (non-hydrogen) atoms. The minimum absolute atomic E-state index is 0. The zero-order chi connectivity index (χ0) is 21.0. The number of carbonyl (C=O) groups excluding carboxylic acids is 2. The van der Waals surface area contributed by atoms with Gasteiger partial charge in [-0.2, -0.15) is 0 Å². The number of hydrogen-bond acceptors (Lipinski definition) is 6. The van der Waals surface area contributed by atoms with Crippen LogP contribution in [0.5, 0.6) is 0 Å². The lowest BCUT2D eigenvalue weighted by Crippen LogP contribution is -2.39. The van der Waals surface area contributed by atoms with Gasteiger partial charge in [0.1, 0.15) is 24.3 Å². The van der Waals surface area contributed by atoms with Crippen molar-refractivity contribution < 1.29 is 21.9 Å². The summed E-state index contributed by atoms with van der Waals surface area (Å²) in [5.74, 6) is 0.0571. The number of ether oxygens (including phenoxy) is 2. The second kappa shape index (κ2) is 13.9. The maximum Gasteiger partial charge on any atom is 0.323 e. The van der Waals surface area contributed by atoms with Crippen LogP contribution in [-0.2, 0) is 19.1 Å². The molecule has 0 aromatic rings. The van der Waals surface area contributed by atoms with Crippen molar-refractivity contribution in [1.29, 1.82) is 0 Å². The first-order valence-electron chi connectivity index (χ1n) is 10.5. The van der Waals surface area contributed by atoms with Crippen molar-refractivity contribution in [3.63, 3.8) is 0 Å². The molecule has 6 heteroatoms. The average molecular weight is 391 g/mol. The van der Waals surface area contributed by atoms with E-state index in [1.54, 1.807) is 0 Å². The Balaban J connectivity index is -0.00000127. The third-order valence-corrected chi connectivity index (χ3v) is 4.24. The molecule has 0 radical (unpaired) electrons. The van der Waals surface area contributed by atoms with E-state index >= 15 is 0 Å². The molecular formula is C21H46N2O4. The van der Waals surface area contributed by atoms with Crippen LogP contribution in [0.1, 0.15) is 89.3 Å². The first-order chi connectivity index (χ1) is 12.6. The van der Waals surface area contributed by atoms with Crippen LogP contribution in [0.15, 0.2) is 0 Å². The van der Waals surface area contributed by atoms with Crippen LogP contribution in [0, 0.1) is 11.8 Å². The van der Waals surface area contributed by atoms with Crippen LogP contribution < -0.4 is 11.5 Å². The molecule has 1 rings (SSSR count). The monoisotopic (exact) mass is 390 g/mol. The summed E-state index contributed by atoms with van der Waals surface area (Å²) in [6, 6.07) is -1.12. The number of hydrogen-bond donors (Lipinski definition) is 2. The molecule has 1 aliphatic rings. The molecule has 0 saturated heterocycles. The van der Waals surface area contributed by atoms with Crippen molar-refractivity contribution in [2.24, 2.45) is 23.3 Å². The molecule has 4 N–H and O–H groups in total. The summed E-state index contributed by atoms with van der Waals surface area (Å²) in [6.45, 7) is 12.3. The Morgan fingerprint density at radius 2 is 1.07 bits per heavy atom. The van der Waals surface area contributed by atoms with E-state index in [9.17, 15) is 9.59 Å². The molecule has 1 fully saturated rings. The first-order valence-corrected chi connectivity index (χ1v) is 10.5. The highest BCUT2D eigenvalue weighted by molar-refractivity contribution is 5.76. The molecule has 6 nitrogen and oxygen atoms in total. The molecule has 0 aliphatic heterocycles. The number of nitrogens with two attached hydrogens (primary N) is 2. The Morgan fingerprint density at radius 1 is 0.815 bits per heavy atom. The van der Waals surface area contributed by atoms with Crippen LogP contribution in [-0.4, -0.2) is 36.2 Å². The topological polar surface area (TPSA) is 105 Å². The Labute approximate surface area is 168 Å². The van der Waals surface area contributed by atoms with Gasteiger partial charge in [0, 0.05) is 2.85 Å². The second-order valence-corrected chi connectivity index (χ2v) is 8.45. The van der Waals surface area contributed by atoms with Crippen LogP contribution in [0.25, 0.3) is 0 Å². The summed E-state index contributed by atoms with van der Waals surface area (Å²) in [6.07, 6.45) is 5.01. The molecule has 0 amide bonds. The number of rotatable bonds is 8. The highest BCUT2D eigenvalue weighted by Crippen LogP contribution is 2.24. The third-order valence-electron chi connectivity index (χ3n) is 4.24. The lowest BCUT2D eigenvalue weighted by molar-refractivity contribution is -0.160. The summed E-state index contributed by atoms with van der Waals surface area (Å²) in [5.41, 5.74) is 11.7. The van der Waals surface area contributed by atoms with Crippen molar-refractivity contribution in [2.75, 3.05) is 0 Å². The minimum atomic E-state index is -0.561. The Morgan fingerprint density at radius 3 is 1.30 bits per heavy atom. The lowest BCUT2D eigenvalue weighted by Gasteiger charge is -2.29. The van der Waals surface area contributed by atoms with Gasteiger partial charge in [0.2, 0.25) is 0 Å². The fraction of sp³-hybridized carbons (Fsp3) is 0.905. The van der Waals surface area contributed by atoms with E-state index in [0.717, 1.165) is 0 Å². The molecule has 0 heterocycles. The zero-order valence-corrected chi connectivity index (χ0v) is 18.2. The summed E-state index contributed by atoms with van der Waals surface area (Å²) < 4.78 is 11.0. The molecule has 0 aromatic carbocycles. The summed E-state index contributed by atoms with van der Waals surface area (Å²) in [5, 5.41) is 0. The van der Waals surface area contributed by atoms with Crippen molar-refractivity contribution in [2.45, 2.75) is 111 Å². The quantitative estimate of drug-likeness (QED) is 0.606. The lowest BCUT2D eigenvalue weighted by atomic mass is 9.94. The van der Waals surface area contributed by atoms with Gasteiger partial charge in [0.15, 0.2) is 0 Å². The Kier molecular flexibility index (Phi) is 13.4. The SMILES string of the molecule is CC(C)CC(N)C(=O)OC1CCC(OC(=O)C(N)CC(C)C)CC1.CCC.[HH].[HH]. The molecule has 0 spiro atoms. The van der Waals surface area contributed by atoms with Crippen LogP contribution in [0.2, 0.25) is 0 Å². The van der Waals surface area contributed by atoms with Gasteiger partial charge in [-0.3, -0.25) is 9.59 Å². The van der Waals surface area contributed by atoms with Gasteiger partial charge in [-0.05, 0) is 50.4 Å². The van der Waals surface area contributed by atoms with Crippen molar-refractivity contribution in [3.05, 3.63) is 0 Å². The van der Waals surface area contributed by atoms with Crippen LogP contribution >= 0.6 is 0 Å². The molecule has 164 valence electrons. The smallest absolute Gasteiger partial charge is 0.323 e. The number of esters is 2. The summed E-state index contributed by atoms with van der Waals surface area (Å²) in [7, 11) is 0. The molecule has 2 unspecified atom stereocenters. The highest BCUT2D eigenvalue weighted by atomic mass is 16.6. The zero-order valence-electron chi connectivity index (χ0n) is 18.2. The Hall–Kier alpha value is -1.14. The van der Waals surface area contributed by atoms with Gasteiger partial charge in [0.05, 0.1) is 0 Å². The second-order valence-electron chi connectivity index (χ2n) is 8.45. The molecule has 0 bridgehead atoms. The maximum atomic E-state index is 11.9. The van der Waals surface area contributed by atoms with Gasteiger partial charge < -0.3 is 20.9 Å². The van der Waals surface area contributed by atoms with E-state index in [1.807, 2.05) is 27.7 Å². The predicted molar refractivity (Wildman–Crippen MR) is 113 cm³/mol. The van der Waals surface area contributed by atoms with Crippen molar-refractivity contribution in [1.82, 2.24) is 0 Å². The third kappa shape index (κ3) is 12.0. The maximum absolute atomic E-state index is 11.9. The average Bonchev–Trinajstić information content (AvgIpc) is 2.56. The van der Waals surface area contributed by atoms with Crippen LogP contribution in [0.4, 0.5) is 0 Å². The van der Waals surface area contributed by atoms with E-state index in [1.165, 1.54) is 6.42 Å². The largest absolute Gasteiger partial charge is 0.461 e. The molecule has 0 aromatic heterocycles. The van der Waals surface area contributed by atoms with E-state index in [4.69, 9.17) is 20.9 Å². The van der Waals surface area contributed by atoms with Crippen molar-refractivity contribution >= 4 is 11.9 Å². The molecular weight excluding hydrogens is 344 g/mol. The summed E-state index contributed by atoms with van der Waals surface area (Å²) >= 11 is 0. The van der Waals surface area contributed by atoms with E-state index in [0.29, 0.717) is 50.4 Å². The van der Waals surface area contributed by atoms with Crippen LogP contribution in [0.3, 0.4) is 0 Å². The van der Waals surface area contributed by atoms with Gasteiger partial charge in [-0.1, -0.05) is 48.0 Å². The first kappa shape index (κ1) is 25.9. The van der Waals surface area contributed by atoms with Gasteiger partial charge in [-0.25, -0.2) is 0 Å². The minimum Gasteiger partial charge on any atom is -0.461 e. The van der Waals surface area contributed by atoms with E-state index in [2.05, 4.69) is 13.8 Å². The van der Waals surface area contributed by atoms with E-state index in [-0.39, 0.29) is 27.0 Å².